The molecule has 2 rings (SSSR count). The van der Waals surface area contributed by atoms with Crippen LogP contribution < -0.4 is 14.8 Å². The second-order valence-electron chi connectivity index (χ2n) is 5.06. The Morgan fingerprint density at radius 3 is 2.58 bits per heavy atom. The Hall–Kier alpha value is -1.26. The molecule has 0 saturated carbocycles. The second-order valence-corrected chi connectivity index (χ2v) is 5.06. The third kappa shape index (κ3) is 3.61. The molecular formula is C15H24N2O2. The number of nitrogens with zero attached hydrogens (tertiary/aromatic N) is 1. The molecule has 0 spiro atoms. The second kappa shape index (κ2) is 6.78. The Balaban J connectivity index is 2.06. The van der Waals surface area contributed by atoms with Crippen LogP contribution in [0.2, 0.25) is 0 Å². The number of hydrogen-bond donors (Lipinski definition) is 1. The van der Waals surface area contributed by atoms with Crippen molar-refractivity contribution in [3.63, 3.8) is 0 Å². The van der Waals surface area contributed by atoms with E-state index in [9.17, 15) is 0 Å². The van der Waals surface area contributed by atoms with Crippen LogP contribution in [0.25, 0.3) is 0 Å². The van der Waals surface area contributed by atoms with Crippen molar-refractivity contribution >= 4 is 0 Å². The molecular weight excluding hydrogens is 240 g/mol. The van der Waals surface area contributed by atoms with Crippen LogP contribution in [0.1, 0.15) is 18.4 Å². The van der Waals surface area contributed by atoms with Crippen LogP contribution >= 0.6 is 0 Å². The molecule has 106 valence electrons. The summed E-state index contributed by atoms with van der Waals surface area (Å²) in [6.45, 7) is 7.77. The fourth-order valence-electron chi connectivity index (χ4n) is 2.60. The van der Waals surface area contributed by atoms with E-state index in [0.717, 1.165) is 44.2 Å². The zero-order valence-electron chi connectivity index (χ0n) is 12.1. The minimum absolute atomic E-state index is 0.457. The van der Waals surface area contributed by atoms with Crippen molar-refractivity contribution in [2.45, 2.75) is 12.8 Å². The van der Waals surface area contributed by atoms with Gasteiger partial charge in [-0.25, -0.2) is 0 Å². The van der Waals surface area contributed by atoms with E-state index in [1.165, 1.54) is 5.56 Å². The largest absolute Gasteiger partial charge is 0.497 e. The Bertz CT molecular complexity index is 403. The van der Waals surface area contributed by atoms with Crippen molar-refractivity contribution in [3.05, 3.63) is 23.8 Å². The highest BCUT2D eigenvalue weighted by atomic mass is 16.5. The molecule has 1 aliphatic rings. The smallest absolute Gasteiger partial charge is 0.126 e. The quantitative estimate of drug-likeness (QED) is 0.878. The summed E-state index contributed by atoms with van der Waals surface area (Å²) in [5.41, 5.74) is 1.25. The van der Waals surface area contributed by atoms with Gasteiger partial charge in [0.2, 0.25) is 0 Å². The molecule has 1 aliphatic heterocycles. The first-order chi connectivity index (χ1) is 9.24. The van der Waals surface area contributed by atoms with E-state index in [-0.39, 0.29) is 0 Å². The molecule has 19 heavy (non-hydrogen) atoms. The van der Waals surface area contributed by atoms with Crippen LogP contribution in [-0.4, -0.2) is 51.8 Å². The molecule has 1 atom stereocenters. The van der Waals surface area contributed by atoms with E-state index in [1.54, 1.807) is 14.2 Å². The highest BCUT2D eigenvalue weighted by molar-refractivity contribution is 5.42. The van der Waals surface area contributed by atoms with Gasteiger partial charge in [0.15, 0.2) is 0 Å². The van der Waals surface area contributed by atoms with Crippen LogP contribution in [0.5, 0.6) is 11.5 Å². The van der Waals surface area contributed by atoms with E-state index in [4.69, 9.17) is 9.47 Å². The number of ether oxygens (including phenoxy) is 2. The predicted molar refractivity (Wildman–Crippen MR) is 77.3 cm³/mol. The molecule has 1 aromatic carbocycles. The molecule has 4 heteroatoms. The maximum atomic E-state index is 5.49. The van der Waals surface area contributed by atoms with Crippen molar-refractivity contribution in [1.82, 2.24) is 10.2 Å². The molecule has 0 amide bonds. The lowest BCUT2D eigenvalue weighted by atomic mass is 9.99. The first kappa shape index (κ1) is 14.2. The number of hydrogen-bond acceptors (Lipinski definition) is 4. The van der Waals surface area contributed by atoms with Gasteiger partial charge in [-0.15, -0.1) is 0 Å². The van der Waals surface area contributed by atoms with Crippen LogP contribution in [-0.2, 0) is 0 Å². The lowest BCUT2D eigenvalue weighted by molar-refractivity contribution is 0.229. The molecule has 1 fully saturated rings. The van der Waals surface area contributed by atoms with Gasteiger partial charge < -0.3 is 19.7 Å². The third-order valence-corrected chi connectivity index (χ3v) is 3.71. The Kier molecular flexibility index (Phi) is 5.05. The maximum absolute atomic E-state index is 5.49. The highest BCUT2D eigenvalue weighted by Crippen LogP contribution is 2.30. The predicted octanol–water partition coefficient (Wildman–Crippen LogP) is 1.71. The molecule has 0 aromatic heterocycles. The molecule has 0 radical (unpaired) electrons. The SMILES string of the molecule is COc1ccc(C(C)CN2CCNCC2)c(OC)c1. The number of piperazine rings is 1. The number of methoxy groups -OCH3 is 2. The minimum Gasteiger partial charge on any atom is -0.497 e. The fraction of sp³-hybridized carbons (Fsp3) is 0.600. The van der Waals surface area contributed by atoms with E-state index >= 15 is 0 Å². The standard InChI is InChI=1S/C15H24N2O2/c1-12(11-17-8-6-16-7-9-17)14-5-4-13(18-2)10-15(14)19-3/h4-5,10,12,16H,6-9,11H2,1-3H3. The van der Waals surface area contributed by atoms with Gasteiger partial charge in [0.05, 0.1) is 14.2 Å². The monoisotopic (exact) mass is 264 g/mol. The number of nitrogens with one attached hydrogen (secondary N) is 1. The Morgan fingerprint density at radius 1 is 1.21 bits per heavy atom. The van der Waals surface area contributed by atoms with Gasteiger partial charge >= 0.3 is 0 Å². The van der Waals surface area contributed by atoms with Gasteiger partial charge in [-0.2, -0.15) is 0 Å². The molecule has 1 aromatic rings. The minimum atomic E-state index is 0.457. The van der Waals surface area contributed by atoms with E-state index in [0.29, 0.717) is 5.92 Å². The summed E-state index contributed by atoms with van der Waals surface area (Å²) in [4.78, 5) is 2.50. The summed E-state index contributed by atoms with van der Waals surface area (Å²) >= 11 is 0. The molecule has 1 saturated heterocycles. The molecule has 4 nitrogen and oxygen atoms in total. The van der Waals surface area contributed by atoms with Crippen molar-refractivity contribution in [1.29, 1.82) is 0 Å². The summed E-state index contributed by atoms with van der Waals surface area (Å²) < 4.78 is 10.7. The first-order valence-electron chi connectivity index (χ1n) is 6.89. The van der Waals surface area contributed by atoms with Gasteiger partial charge in [0, 0.05) is 38.8 Å². The topological polar surface area (TPSA) is 33.7 Å². The van der Waals surface area contributed by atoms with E-state index < -0.39 is 0 Å². The summed E-state index contributed by atoms with van der Waals surface area (Å²) in [6.07, 6.45) is 0. The third-order valence-electron chi connectivity index (χ3n) is 3.71. The van der Waals surface area contributed by atoms with Crippen molar-refractivity contribution in [2.24, 2.45) is 0 Å². The molecule has 1 heterocycles. The van der Waals surface area contributed by atoms with Crippen LogP contribution in [0.4, 0.5) is 0 Å². The van der Waals surface area contributed by atoms with Gasteiger partial charge in [0.1, 0.15) is 11.5 Å². The lowest BCUT2D eigenvalue weighted by Crippen LogP contribution is -2.44. The summed E-state index contributed by atoms with van der Waals surface area (Å²) in [5.74, 6) is 2.22. The summed E-state index contributed by atoms with van der Waals surface area (Å²) in [5, 5.41) is 3.38. The lowest BCUT2D eigenvalue weighted by Gasteiger charge is -2.30. The van der Waals surface area contributed by atoms with Gasteiger partial charge in [-0.3, -0.25) is 0 Å². The summed E-state index contributed by atoms with van der Waals surface area (Å²) in [7, 11) is 3.40. The van der Waals surface area contributed by atoms with Gasteiger partial charge in [-0.1, -0.05) is 13.0 Å². The normalized spacial score (nSPS) is 18.1. The van der Waals surface area contributed by atoms with Crippen LogP contribution in [0.3, 0.4) is 0 Å². The van der Waals surface area contributed by atoms with E-state index in [2.05, 4.69) is 23.2 Å². The summed E-state index contributed by atoms with van der Waals surface area (Å²) in [6, 6.07) is 6.08. The van der Waals surface area contributed by atoms with Gasteiger partial charge in [0.25, 0.3) is 0 Å². The number of rotatable bonds is 5. The highest BCUT2D eigenvalue weighted by Gasteiger charge is 2.17. The van der Waals surface area contributed by atoms with E-state index in [1.807, 2.05) is 12.1 Å². The average Bonchev–Trinajstić information content (AvgIpc) is 2.47. The Morgan fingerprint density at radius 2 is 1.95 bits per heavy atom. The van der Waals surface area contributed by atoms with Crippen LogP contribution in [0.15, 0.2) is 18.2 Å². The first-order valence-corrected chi connectivity index (χ1v) is 6.89. The number of benzene rings is 1. The molecule has 0 aliphatic carbocycles. The van der Waals surface area contributed by atoms with Crippen molar-refractivity contribution < 1.29 is 9.47 Å². The zero-order chi connectivity index (χ0) is 13.7. The van der Waals surface area contributed by atoms with Crippen molar-refractivity contribution in [2.75, 3.05) is 46.9 Å². The average molecular weight is 264 g/mol. The molecule has 0 bridgehead atoms. The maximum Gasteiger partial charge on any atom is 0.126 e. The van der Waals surface area contributed by atoms with Gasteiger partial charge in [-0.05, 0) is 17.5 Å². The fourth-order valence-corrected chi connectivity index (χ4v) is 2.60. The Labute approximate surface area is 115 Å². The molecule has 1 N–H and O–H groups in total. The van der Waals surface area contributed by atoms with Crippen LogP contribution in [0, 0.1) is 0 Å². The van der Waals surface area contributed by atoms with Crippen molar-refractivity contribution in [3.8, 4) is 11.5 Å². The zero-order valence-corrected chi connectivity index (χ0v) is 12.1. The molecule has 1 unspecified atom stereocenters.